The van der Waals surface area contributed by atoms with E-state index in [0.717, 1.165) is 29.3 Å². The van der Waals surface area contributed by atoms with Gasteiger partial charge in [0.1, 0.15) is 5.78 Å². The molecule has 20 heavy (non-hydrogen) atoms. The molecule has 3 rings (SSSR count). The third-order valence-corrected chi connectivity index (χ3v) is 4.68. The van der Waals surface area contributed by atoms with E-state index in [1.807, 2.05) is 18.2 Å². The highest BCUT2D eigenvalue weighted by molar-refractivity contribution is 9.10. The summed E-state index contributed by atoms with van der Waals surface area (Å²) in [5.74, 6) is 0.905. The van der Waals surface area contributed by atoms with Crippen LogP contribution in [-0.4, -0.2) is 5.78 Å². The first-order valence-electron chi connectivity index (χ1n) is 7.06. The molecule has 2 heteroatoms. The van der Waals surface area contributed by atoms with Crippen molar-refractivity contribution in [3.05, 3.63) is 70.2 Å². The molecule has 0 heterocycles. The van der Waals surface area contributed by atoms with E-state index in [2.05, 4.69) is 52.3 Å². The fraction of sp³-hybridized carbons (Fsp3) is 0.278. The van der Waals surface area contributed by atoms with Gasteiger partial charge in [-0.25, -0.2) is 0 Å². The van der Waals surface area contributed by atoms with Crippen LogP contribution >= 0.6 is 15.9 Å². The van der Waals surface area contributed by atoms with Gasteiger partial charge in [-0.15, -0.1) is 0 Å². The quantitative estimate of drug-likeness (QED) is 0.794. The van der Waals surface area contributed by atoms with E-state index in [4.69, 9.17) is 0 Å². The zero-order chi connectivity index (χ0) is 13.9. The van der Waals surface area contributed by atoms with Crippen LogP contribution in [0, 0.1) is 5.92 Å². The Balaban J connectivity index is 1.83. The smallest absolute Gasteiger partial charge is 0.140 e. The van der Waals surface area contributed by atoms with Crippen LogP contribution in [0.15, 0.2) is 59.1 Å². The number of rotatable bonds is 3. The van der Waals surface area contributed by atoms with Crippen LogP contribution in [0.5, 0.6) is 0 Å². The molecule has 1 nitrogen and oxygen atoms in total. The van der Waals surface area contributed by atoms with Gasteiger partial charge in [-0.05, 0) is 42.0 Å². The highest BCUT2D eigenvalue weighted by Gasteiger charge is 2.35. The normalized spacial score (nSPS) is 22.1. The Morgan fingerprint density at radius 1 is 1.00 bits per heavy atom. The molecule has 1 saturated carbocycles. The third-order valence-electron chi connectivity index (χ3n) is 4.15. The summed E-state index contributed by atoms with van der Waals surface area (Å²) in [5.41, 5.74) is 2.49. The van der Waals surface area contributed by atoms with Crippen molar-refractivity contribution in [2.45, 2.75) is 25.2 Å². The Bertz CT molecular complexity index is 589. The second-order valence-corrected chi connectivity index (χ2v) is 6.40. The van der Waals surface area contributed by atoms with Crippen molar-refractivity contribution >= 4 is 21.7 Å². The number of hydrogen-bond acceptors (Lipinski definition) is 1. The topological polar surface area (TPSA) is 17.1 Å². The minimum Gasteiger partial charge on any atom is -0.299 e. The number of carbonyl (C=O) groups excluding carboxylic acids is 1. The summed E-state index contributed by atoms with van der Waals surface area (Å²) < 4.78 is 1.06. The van der Waals surface area contributed by atoms with Crippen molar-refractivity contribution in [2.75, 3.05) is 0 Å². The number of carbonyl (C=O) groups is 1. The summed E-state index contributed by atoms with van der Waals surface area (Å²) in [6.07, 6.45) is 2.72. The maximum Gasteiger partial charge on any atom is 0.140 e. The van der Waals surface area contributed by atoms with Crippen molar-refractivity contribution in [3.8, 4) is 0 Å². The van der Waals surface area contributed by atoms with E-state index < -0.39 is 0 Å². The van der Waals surface area contributed by atoms with E-state index in [9.17, 15) is 4.79 Å². The molecule has 0 saturated heterocycles. The molecule has 0 amide bonds. The lowest BCUT2D eigenvalue weighted by molar-refractivity contribution is -0.118. The summed E-state index contributed by atoms with van der Waals surface area (Å²) >= 11 is 3.45. The van der Waals surface area contributed by atoms with E-state index in [0.29, 0.717) is 11.7 Å². The van der Waals surface area contributed by atoms with Crippen LogP contribution < -0.4 is 0 Å². The number of Topliss-reactive ketones (excluding diaryl/α,β-unsaturated/α-hetero) is 1. The van der Waals surface area contributed by atoms with Crippen LogP contribution in [-0.2, 0) is 11.2 Å². The average molecular weight is 329 g/mol. The van der Waals surface area contributed by atoms with Gasteiger partial charge < -0.3 is 0 Å². The molecule has 1 fully saturated rings. The summed E-state index contributed by atoms with van der Waals surface area (Å²) in [5, 5.41) is 0. The SMILES string of the molecule is O=C1CC[C@@H](Cc2ccccc2)[C@@H]1c1ccc(Br)cc1. The monoisotopic (exact) mass is 328 g/mol. The molecule has 0 aromatic heterocycles. The number of hydrogen-bond donors (Lipinski definition) is 0. The second-order valence-electron chi connectivity index (χ2n) is 5.48. The Morgan fingerprint density at radius 2 is 1.70 bits per heavy atom. The van der Waals surface area contributed by atoms with Gasteiger partial charge in [-0.1, -0.05) is 58.4 Å². The highest BCUT2D eigenvalue weighted by Crippen LogP contribution is 2.39. The van der Waals surface area contributed by atoms with Gasteiger partial charge in [0.2, 0.25) is 0 Å². The maximum absolute atomic E-state index is 12.2. The van der Waals surface area contributed by atoms with Gasteiger partial charge in [0.05, 0.1) is 0 Å². The summed E-state index contributed by atoms with van der Waals surface area (Å²) in [6.45, 7) is 0. The van der Waals surface area contributed by atoms with Crippen LogP contribution in [0.25, 0.3) is 0 Å². The number of halogens is 1. The van der Waals surface area contributed by atoms with Crippen molar-refractivity contribution < 1.29 is 4.79 Å². The van der Waals surface area contributed by atoms with Gasteiger partial charge in [0.15, 0.2) is 0 Å². The summed E-state index contributed by atoms with van der Waals surface area (Å²) in [7, 11) is 0. The van der Waals surface area contributed by atoms with E-state index in [1.165, 1.54) is 5.56 Å². The molecule has 2 aromatic carbocycles. The lowest BCUT2D eigenvalue weighted by Crippen LogP contribution is -2.14. The lowest BCUT2D eigenvalue weighted by atomic mass is 9.84. The second kappa shape index (κ2) is 5.92. The first-order chi connectivity index (χ1) is 9.74. The summed E-state index contributed by atoms with van der Waals surface area (Å²) in [6, 6.07) is 18.7. The molecule has 0 spiro atoms. The molecule has 0 N–H and O–H groups in total. The van der Waals surface area contributed by atoms with Crippen molar-refractivity contribution in [3.63, 3.8) is 0 Å². The van der Waals surface area contributed by atoms with Crippen LogP contribution in [0.3, 0.4) is 0 Å². The molecule has 0 aliphatic heterocycles. The van der Waals surface area contributed by atoms with Gasteiger partial charge in [0.25, 0.3) is 0 Å². The molecule has 1 aliphatic carbocycles. The molecule has 0 unspecified atom stereocenters. The summed E-state index contributed by atoms with van der Waals surface area (Å²) in [4.78, 5) is 12.2. The van der Waals surface area contributed by atoms with Gasteiger partial charge in [-0.2, -0.15) is 0 Å². The molecule has 0 radical (unpaired) electrons. The molecule has 2 aromatic rings. The number of benzene rings is 2. The fourth-order valence-electron chi connectivity index (χ4n) is 3.18. The average Bonchev–Trinajstić information content (AvgIpc) is 2.82. The van der Waals surface area contributed by atoms with Crippen molar-refractivity contribution in [1.29, 1.82) is 0 Å². The minimum absolute atomic E-state index is 0.0725. The molecule has 102 valence electrons. The Hall–Kier alpha value is -1.41. The molecular formula is C18H17BrO. The zero-order valence-corrected chi connectivity index (χ0v) is 12.8. The lowest BCUT2D eigenvalue weighted by Gasteiger charge is -2.19. The van der Waals surface area contributed by atoms with Gasteiger partial charge in [-0.3, -0.25) is 4.79 Å². The maximum atomic E-state index is 12.2. The minimum atomic E-state index is 0.0725. The standard InChI is InChI=1S/C18H17BrO/c19-16-9-6-14(7-10-16)18-15(8-11-17(18)20)12-13-4-2-1-3-5-13/h1-7,9-10,15,18H,8,11-12H2/t15-,18-/m0/s1. The first-order valence-corrected chi connectivity index (χ1v) is 7.85. The van der Waals surface area contributed by atoms with Crippen molar-refractivity contribution in [1.82, 2.24) is 0 Å². The number of ketones is 1. The Labute approximate surface area is 128 Å². The third kappa shape index (κ3) is 2.85. The predicted molar refractivity (Wildman–Crippen MR) is 84.8 cm³/mol. The molecule has 0 bridgehead atoms. The van der Waals surface area contributed by atoms with E-state index >= 15 is 0 Å². The molecule has 1 aliphatic rings. The van der Waals surface area contributed by atoms with Crippen LogP contribution in [0.1, 0.15) is 29.9 Å². The Morgan fingerprint density at radius 3 is 2.40 bits per heavy atom. The van der Waals surface area contributed by atoms with E-state index in [1.54, 1.807) is 0 Å². The fourth-order valence-corrected chi connectivity index (χ4v) is 3.44. The van der Waals surface area contributed by atoms with Crippen molar-refractivity contribution in [2.24, 2.45) is 5.92 Å². The largest absolute Gasteiger partial charge is 0.299 e. The zero-order valence-electron chi connectivity index (χ0n) is 11.3. The van der Waals surface area contributed by atoms with Gasteiger partial charge >= 0.3 is 0 Å². The first kappa shape index (κ1) is 13.6. The van der Waals surface area contributed by atoms with Crippen LogP contribution in [0.2, 0.25) is 0 Å². The molecular weight excluding hydrogens is 312 g/mol. The molecule has 2 atom stereocenters. The Kier molecular flexibility index (Phi) is 4.02. The predicted octanol–water partition coefficient (Wildman–Crippen LogP) is 4.75. The highest BCUT2D eigenvalue weighted by atomic mass is 79.9. The van der Waals surface area contributed by atoms with Gasteiger partial charge in [0, 0.05) is 16.8 Å². The van der Waals surface area contributed by atoms with Crippen LogP contribution in [0.4, 0.5) is 0 Å². The van der Waals surface area contributed by atoms with E-state index in [-0.39, 0.29) is 5.92 Å².